The molecule has 2 aromatic rings. The molecule has 0 aliphatic rings. The van der Waals surface area contributed by atoms with Crippen LogP contribution in [0.5, 0.6) is 0 Å². The second-order valence-corrected chi connectivity index (χ2v) is 5.19. The highest BCUT2D eigenvalue weighted by Crippen LogP contribution is 2.33. The first-order valence-electron chi connectivity index (χ1n) is 7.35. The van der Waals surface area contributed by atoms with E-state index in [1.807, 2.05) is 6.07 Å². The molecule has 0 radical (unpaired) electrons. The number of nitrogens with zero attached hydrogens (tertiary/aromatic N) is 2. The Bertz CT molecular complexity index is 642. The summed E-state index contributed by atoms with van der Waals surface area (Å²) in [5.74, 6) is 0.281. The quantitative estimate of drug-likeness (QED) is 0.650. The Kier molecular flexibility index (Phi) is 4.85. The topological polar surface area (TPSA) is 68.1 Å². The Hall–Kier alpha value is -2.01. The molecule has 2 atom stereocenters. The molecule has 2 unspecified atom stereocenters. The third-order valence-electron chi connectivity index (χ3n) is 3.94. The number of fused-ring (bicyclic) bond motifs is 1. The molecule has 0 spiro atoms. The summed E-state index contributed by atoms with van der Waals surface area (Å²) in [6.45, 7) is 7.26. The van der Waals surface area contributed by atoms with Crippen molar-refractivity contribution in [3.63, 3.8) is 0 Å². The Morgan fingerprint density at radius 1 is 1.33 bits per heavy atom. The average molecular weight is 287 g/mol. The first-order valence-corrected chi connectivity index (χ1v) is 7.35. The smallest absolute Gasteiger partial charge is 0.278 e. The number of likely N-dealkylation sites (N-methyl/N-ethyl adjacent to an activating group) is 1. The van der Waals surface area contributed by atoms with E-state index in [0.29, 0.717) is 11.4 Å². The largest absolute Gasteiger partial charge is 0.314 e. The van der Waals surface area contributed by atoms with Crippen LogP contribution in [-0.4, -0.2) is 22.5 Å². The van der Waals surface area contributed by atoms with Gasteiger partial charge in [-0.05, 0) is 43.7 Å². The highest BCUT2D eigenvalue weighted by molar-refractivity contribution is 5.90. The molecule has 112 valence electrons. The predicted octanol–water partition coefficient (Wildman–Crippen LogP) is 3.63. The fourth-order valence-electron chi connectivity index (χ4n) is 2.94. The van der Waals surface area contributed by atoms with Crippen molar-refractivity contribution in [3.8, 4) is 0 Å². The lowest BCUT2D eigenvalue weighted by atomic mass is 9.88. The zero-order valence-electron chi connectivity index (χ0n) is 12.7. The summed E-state index contributed by atoms with van der Waals surface area (Å²) >= 11 is 0. The summed E-state index contributed by atoms with van der Waals surface area (Å²) < 4.78 is 0. The molecule has 1 N–H and O–H groups in total. The van der Waals surface area contributed by atoms with Crippen LogP contribution in [0, 0.1) is 10.1 Å². The lowest BCUT2D eigenvalue weighted by Gasteiger charge is -2.24. The van der Waals surface area contributed by atoms with E-state index in [-0.39, 0.29) is 16.5 Å². The van der Waals surface area contributed by atoms with Crippen molar-refractivity contribution in [2.24, 2.45) is 0 Å². The van der Waals surface area contributed by atoms with Crippen LogP contribution >= 0.6 is 0 Å². The standard InChI is InChI=1S/C16H21N3O2/c1-4-12(11(3)17-5-2)13-8-9-15(19(20)21)14-7-6-10-18-16(13)14/h6-12,17H,4-5H2,1-3H3. The molecule has 5 nitrogen and oxygen atoms in total. The van der Waals surface area contributed by atoms with E-state index in [4.69, 9.17) is 0 Å². The fourth-order valence-corrected chi connectivity index (χ4v) is 2.94. The van der Waals surface area contributed by atoms with Gasteiger partial charge in [-0.15, -0.1) is 0 Å². The minimum Gasteiger partial charge on any atom is -0.314 e. The van der Waals surface area contributed by atoms with E-state index >= 15 is 0 Å². The van der Waals surface area contributed by atoms with Gasteiger partial charge in [0.15, 0.2) is 0 Å². The lowest BCUT2D eigenvalue weighted by Crippen LogP contribution is -2.31. The molecule has 5 heteroatoms. The van der Waals surface area contributed by atoms with Crippen molar-refractivity contribution in [1.82, 2.24) is 10.3 Å². The van der Waals surface area contributed by atoms with E-state index in [0.717, 1.165) is 24.0 Å². The molecule has 2 rings (SSSR count). The molecule has 1 aromatic heterocycles. The van der Waals surface area contributed by atoms with Gasteiger partial charge in [-0.1, -0.05) is 13.8 Å². The minimum absolute atomic E-state index is 0.118. The first-order chi connectivity index (χ1) is 10.1. The van der Waals surface area contributed by atoms with E-state index in [1.54, 1.807) is 24.4 Å². The number of rotatable bonds is 6. The number of non-ortho nitro benzene ring substituents is 1. The molecular formula is C16H21N3O2. The van der Waals surface area contributed by atoms with Crippen LogP contribution < -0.4 is 5.32 Å². The van der Waals surface area contributed by atoms with Crippen LogP contribution in [0.2, 0.25) is 0 Å². The summed E-state index contributed by atoms with van der Waals surface area (Å²) in [5.41, 5.74) is 1.93. The zero-order chi connectivity index (χ0) is 15.4. The van der Waals surface area contributed by atoms with E-state index in [2.05, 4.69) is 31.1 Å². The SMILES string of the molecule is CCNC(C)C(CC)c1ccc([N+](=O)[O-])c2cccnc12. The number of benzene rings is 1. The number of nitrogens with one attached hydrogen (secondary N) is 1. The van der Waals surface area contributed by atoms with Crippen molar-refractivity contribution in [2.75, 3.05) is 6.54 Å². The summed E-state index contributed by atoms with van der Waals surface area (Å²) in [7, 11) is 0. The van der Waals surface area contributed by atoms with Crippen molar-refractivity contribution in [2.45, 2.75) is 39.2 Å². The molecule has 1 heterocycles. The predicted molar refractivity (Wildman–Crippen MR) is 84.6 cm³/mol. The molecule has 0 aliphatic heterocycles. The van der Waals surface area contributed by atoms with Crippen LogP contribution in [0.4, 0.5) is 5.69 Å². The van der Waals surface area contributed by atoms with Gasteiger partial charge in [-0.2, -0.15) is 0 Å². The Balaban J connectivity index is 2.59. The molecular weight excluding hydrogens is 266 g/mol. The lowest BCUT2D eigenvalue weighted by molar-refractivity contribution is -0.383. The molecule has 0 fully saturated rings. The Morgan fingerprint density at radius 2 is 2.10 bits per heavy atom. The van der Waals surface area contributed by atoms with Gasteiger partial charge >= 0.3 is 0 Å². The third-order valence-corrected chi connectivity index (χ3v) is 3.94. The maximum Gasteiger partial charge on any atom is 0.278 e. The van der Waals surface area contributed by atoms with E-state index in [9.17, 15) is 10.1 Å². The molecule has 0 aliphatic carbocycles. The molecule has 0 saturated carbocycles. The molecule has 0 amide bonds. The second kappa shape index (κ2) is 6.63. The highest BCUT2D eigenvalue weighted by atomic mass is 16.6. The summed E-state index contributed by atoms with van der Waals surface area (Å²) in [6, 6.07) is 7.27. The number of hydrogen-bond donors (Lipinski definition) is 1. The van der Waals surface area contributed by atoms with Crippen LogP contribution in [-0.2, 0) is 0 Å². The van der Waals surface area contributed by atoms with Gasteiger partial charge in [0.25, 0.3) is 5.69 Å². The van der Waals surface area contributed by atoms with Crippen LogP contribution in [0.3, 0.4) is 0 Å². The van der Waals surface area contributed by atoms with Gasteiger partial charge < -0.3 is 5.32 Å². The maximum atomic E-state index is 11.2. The van der Waals surface area contributed by atoms with Crippen LogP contribution in [0.25, 0.3) is 10.9 Å². The normalized spacial score (nSPS) is 14.0. The average Bonchev–Trinajstić information content (AvgIpc) is 2.48. The second-order valence-electron chi connectivity index (χ2n) is 5.19. The molecule has 1 aromatic carbocycles. The van der Waals surface area contributed by atoms with E-state index < -0.39 is 0 Å². The summed E-state index contributed by atoms with van der Waals surface area (Å²) in [6.07, 6.45) is 2.65. The van der Waals surface area contributed by atoms with Gasteiger partial charge in [0.2, 0.25) is 0 Å². The summed E-state index contributed by atoms with van der Waals surface area (Å²) in [4.78, 5) is 15.2. The van der Waals surface area contributed by atoms with Crippen molar-refractivity contribution in [1.29, 1.82) is 0 Å². The number of nitro groups is 1. The molecule has 21 heavy (non-hydrogen) atoms. The molecule has 0 bridgehead atoms. The van der Waals surface area contributed by atoms with Crippen molar-refractivity contribution >= 4 is 16.6 Å². The first kappa shape index (κ1) is 15.4. The third kappa shape index (κ3) is 3.03. The highest BCUT2D eigenvalue weighted by Gasteiger charge is 2.22. The Labute approximate surface area is 124 Å². The van der Waals surface area contributed by atoms with Gasteiger partial charge in [0.05, 0.1) is 15.8 Å². The maximum absolute atomic E-state index is 11.2. The fraction of sp³-hybridized carbons (Fsp3) is 0.438. The monoisotopic (exact) mass is 287 g/mol. The minimum atomic E-state index is -0.345. The van der Waals surface area contributed by atoms with Gasteiger partial charge in [-0.25, -0.2) is 0 Å². The van der Waals surface area contributed by atoms with Gasteiger partial charge in [0.1, 0.15) is 0 Å². The van der Waals surface area contributed by atoms with Crippen LogP contribution in [0.15, 0.2) is 30.5 Å². The number of aromatic nitrogens is 1. The van der Waals surface area contributed by atoms with Crippen LogP contribution in [0.1, 0.15) is 38.7 Å². The van der Waals surface area contributed by atoms with Gasteiger partial charge in [0, 0.05) is 24.2 Å². The summed E-state index contributed by atoms with van der Waals surface area (Å²) in [5, 5.41) is 15.2. The Morgan fingerprint density at radius 3 is 2.71 bits per heavy atom. The number of hydrogen-bond acceptors (Lipinski definition) is 4. The van der Waals surface area contributed by atoms with Gasteiger partial charge in [-0.3, -0.25) is 15.1 Å². The van der Waals surface area contributed by atoms with E-state index in [1.165, 1.54) is 0 Å². The number of nitro benzene ring substituents is 1. The molecule has 0 saturated heterocycles. The zero-order valence-corrected chi connectivity index (χ0v) is 12.7. The van der Waals surface area contributed by atoms with Crippen molar-refractivity contribution in [3.05, 3.63) is 46.1 Å². The van der Waals surface area contributed by atoms with Crippen molar-refractivity contribution < 1.29 is 4.92 Å². The number of pyridine rings is 1.